The highest BCUT2D eigenvalue weighted by molar-refractivity contribution is 6.29. The first-order chi connectivity index (χ1) is 6.33. The Balaban J connectivity index is 2.56. The molecule has 0 fully saturated rings. The van der Waals surface area contributed by atoms with Crippen LogP contribution in [0.4, 0.5) is 5.69 Å². The van der Waals surface area contributed by atoms with Crippen molar-refractivity contribution in [1.29, 1.82) is 0 Å². The number of para-hydroxylation sites is 1. The molecule has 0 saturated carbocycles. The number of benzene rings is 1. The van der Waals surface area contributed by atoms with Gasteiger partial charge in [0.25, 0.3) is 0 Å². The molecule has 1 aromatic carbocycles. The highest BCUT2D eigenvalue weighted by Crippen LogP contribution is 2.03. The van der Waals surface area contributed by atoms with Crippen LogP contribution >= 0.6 is 0 Å². The number of hydrogen-bond donors (Lipinski definition) is 2. The number of oxime groups is 1. The fourth-order valence-corrected chi connectivity index (χ4v) is 0.778. The van der Waals surface area contributed by atoms with Gasteiger partial charge in [-0.25, -0.2) is 0 Å². The van der Waals surface area contributed by atoms with Crippen molar-refractivity contribution in [3.05, 3.63) is 30.3 Å². The Morgan fingerprint density at radius 2 is 2.08 bits per heavy atom. The molecular formula is C9H11N3O. The van der Waals surface area contributed by atoms with E-state index in [0.717, 1.165) is 5.69 Å². The molecule has 0 heterocycles. The number of hydrogen-bond acceptors (Lipinski definition) is 4. The van der Waals surface area contributed by atoms with E-state index < -0.39 is 0 Å². The van der Waals surface area contributed by atoms with E-state index in [2.05, 4.69) is 15.7 Å². The first-order valence-corrected chi connectivity index (χ1v) is 3.85. The van der Waals surface area contributed by atoms with Crippen molar-refractivity contribution in [1.82, 2.24) is 0 Å². The molecule has 0 atom stereocenters. The molecule has 2 N–H and O–H groups in total. The standard InChI is InChI=1S/C9H11N3O/c1-8(7-10-13)11-12-9-5-3-2-4-6-9/h2-7,12-13H,1H3. The lowest BCUT2D eigenvalue weighted by Gasteiger charge is -1.98. The predicted octanol–water partition coefficient (Wildman–Crippen LogP) is 1.93. The Labute approximate surface area is 76.6 Å². The van der Waals surface area contributed by atoms with Crippen LogP contribution in [0, 0.1) is 0 Å². The van der Waals surface area contributed by atoms with E-state index in [9.17, 15) is 0 Å². The van der Waals surface area contributed by atoms with Crippen molar-refractivity contribution < 1.29 is 5.21 Å². The Morgan fingerprint density at radius 3 is 2.69 bits per heavy atom. The van der Waals surface area contributed by atoms with Crippen LogP contribution in [0.3, 0.4) is 0 Å². The summed E-state index contributed by atoms with van der Waals surface area (Å²) in [6.07, 6.45) is 1.26. The average Bonchev–Trinajstić information content (AvgIpc) is 2.17. The molecular weight excluding hydrogens is 166 g/mol. The van der Waals surface area contributed by atoms with Crippen LogP contribution < -0.4 is 5.43 Å². The van der Waals surface area contributed by atoms with Gasteiger partial charge < -0.3 is 5.21 Å². The maximum absolute atomic E-state index is 8.19. The third kappa shape index (κ3) is 3.37. The largest absolute Gasteiger partial charge is 0.411 e. The molecule has 0 aliphatic heterocycles. The van der Waals surface area contributed by atoms with E-state index in [-0.39, 0.29) is 0 Å². The second-order valence-corrected chi connectivity index (χ2v) is 2.48. The fourth-order valence-electron chi connectivity index (χ4n) is 0.778. The Morgan fingerprint density at radius 1 is 1.38 bits per heavy atom. The van der Waals surface area contributed by atoms with Gasteiger partial charge >= 0.3 is 0 Å². The monoisotopic (exact) mass is 177 g/mol. The molecule has 0 aliphatic carbocycles. The molecule has 1 aromatic rings. The SMILES string of the molecule is CC(C=NO)=NNc1ccccc1. The molecule has 0 radical (unpaired) electrons. The van der Waals surface area contributed by atoms with Gasteiger partial charge in [0.15, 0.2) is 0 Å². The molecule has 0 aromatic heterocycles. The summed E-state index contributed by atoms with van der Waals surface area (Å²) in [5, 5.41) is 15.0. The molecule has 4 nitrogen and oxygen atoms in total. The average molecular weight is 177 g/mol. The molecule has 0 bridgehead atoms. The number of hydrazone groups is 1. The first kappa shape index (κ1) is 9.25. The van der Waals surface area contributed by atoms with Gasteiger partial charge in [-0.2, -0.15) is 5.10 Å². The molecule has 0 unspecified atom stereocenters. The van der Waals surface area contributed by atoms with E-state index >= 15 is 0 Å². The lowest BCUT2D eigenvalue weighted by molar-refractivity contribution is 0.322. The van der Waals surface area contributed by atoms with Crippen LogP contribution in [0.15, 0.2) is 40.6 Å². The summed E-state index contributed by atoms with van der Waals surface area (Å²) in [4.78, 5) is 0. The molecule has 4 heteroatoms. The molecule has 1 rings (SSSR count). The summed E-state index contributed by atoms with van der Waals surface area (Å²) in [5.41, 5.74) is 4.31. The normalized spacial score (nSPS) is 11.9. The number of nitrogens with zero attached hydrogens (tertiary/aromatic N) is 2. The van der Waals surface area contributed by atoms with Crippen LogP contribution in [0.1, 0.15) is 6.92 Å². The molecule has 0 spiro atoms. The zero-order chi connectivity index (χ0) is 9.52. The van der Waals surface area contributed by atoms with Gasteiger partial charge in [0, 0.05) is 0 Å². The van der Waals surface area contributed by atoms with Crippen molar-refractivity contribution in [2.45, 2.75) is 6.92 Å². The molecule has 13 heavy (non-hydrogen) atoms. The van der Waals surface area contributed by atoms with Crippen LogP contribution in [0.25, 0.3) is 0 Å². The van der Waals surface area contributed by atoms with Gasteiger partial charge in [-0.15, -0.1) is 0 Å². The Hall–Kier alpha value is -1.84. The Bertz CT molecular complexity index is 306. The van der Waals surface area contributed by atoms with Gasteiger partial charge in [0.2, 0.25) is 0 Å². The quantitative estimate of drug-likeness (QED) is 0.421. The van der Waals surface area contributed by atoms with E-state index in [1.807, 2.05) is 30.3 Å². The van der Waals surface area contributed by atoms with Crippen molar-refractivity contribution in [2.24, 2.45) is 10.3 Å². The van der Waals surface area contributed by atoms with Gasteiger partial charge in [0.1, 0.15) is 0 Å². The van der Waals surface area contributed by atoms with Crippen molar-refractivity contribution in [2.75, 3.05) is 5.43 Å². The van der Waals surface area contributed by atoms with Crippen LogP contribution in [0.2, 0.25) is 0 Å². The van der Waals surface area contributed by atoms with E-state index in [1.165, 1.54) is 6.21 Å². The van der Waals surface area contributed by atoms with Crippen LogP contribution in [-0.4, -0.2) is 17.1 Å². The smallest absolute Gasteiger partial charge is 0.0891 e. The van der Waals surface area contributed by atoms with Gasteiger partial charge in [0.05, 0.1) is 17.6 Å². The van der Waals surface area contributed by atoms with Crippen molar-refractivity contribution in [3.63, 3.8) is 0 Å². The van der Waals surface area contributed by atoms with E-state index in [0.29, 0.717) is 5.71 Å². The third-order valence-corrected chi connectivity index (χ3v) is 1.38. The van der Waals surface area contributed by atoms with Crippen molar-refractivity contribution >= 4 is 17.6 Å². The first-order valence-electron chi connectivity index (χ1n) is 3.85. The van der Waals surface area contributed by atoms with Crippen LogP contribution in [0.5, 0.6) is 0 Å². The number of nitrogens with one attached hydrogen (secondary N) is 1. The maximum atomic E-state index is 8.19. The minimum absolute atomic E-state index is 0.603. The lowest BCUT2D eigenvalue weighted by atomic mass is 10.3. The highest BCUT2D eigenvalue weighted by atomic mass is 16.4. The minimum Gasteiger partial charge on any atom is -0.411 e. The minimum atomic E-state index is 0.603. The highest BCUT2D eigenvalue weighted by Gasteiger charge is 1.86. The lowest BCUT2D eigenvalue weighted by Crippen LogP contribution is -1.98. The van der Waals surface area contributed by atoms with E-state index in [4.69, 9.17) is 5.21 Å². The maximum Gasteiger partial charge on any atom is 0.0891 e. The van der Waals surface area contributed by atoms with Gasteiger partial charge in [-0.05, 0) is 19.1 Å². The summed E-state index contributed by atoms with van der Waals surface area (Å²) in [5.74, 6) is 0. The summed E-state index contributed by atoms with van der Waals surface area (Å²) in [6, 6.07) is 9.54. The molecule has 0 amide bonds. The molecule has 0 saturated heterocycles. The number of anilines is 1. The van der Waals surface area contributed by atoms with Crippen LogP contribution in [-0.2, 0) is 0 Å². The van der Waals surface area contributed by atoms with E-state index in [1.54, 1.807) is 6.92 Å². The molecule has 0 aliphatic rings. The van der Waals surface area contributed by atoms with Crippen molar-refractivity contribution in [3.8, 4) is 0 Å². The zero-order valence-corrected chi connectivity index (χ0v) is 7.31. The summed E-state index contributed by atoms with van der Waals surface area (Å²) in [7, 11) is 0. The fraction of sp³-hybridized carbons (Fsp3) is 0.111. The second kappa shape index (κ2) is 4.92. The predicted molar refractivity (Wildman–Crippen MR) is 53.5 cm³/mol. The second-order valence-electron chi connectivity index (χ2n) is 2.48. The summed E-state index contributed by atoms with van der Waals surface area (Å²) in [6.45, 7) is 1.73. The third-order valence-electron chi connectivity index (χ3n) is 1.38. The Kier molecular flexibility index (Phi) is 3.50. The summed E-state index contributed by atoms with van der Waals surface area (Å²) >= 11 is 0. The van der Waals surface area contributed by atoms with Gasteiger partial charge in [-0.3, -0.25) is 5.43 Å². The zero-order valence-electron chi connectivity index (χ0n) is 7.31. The summed E-state index contributed by atoms with van der Waals surface area (Å²) < 4.78 is 0. The molecule has 68 valence electrons. The number of rotatable bonds is 3. The van der Waals surface area contributed by atoms with Gasteiger partial charge in [-0.1, -0.05) is 23.4 Å². The topological polar surface area (TPSA) is 57.0 Å².